The van der Waals surface area contributed by atoms with Crippen molar-refractivity contribution in [3.05, 3.63) is 11.7 Å². The number of esters is 2. The first kappa shape index (κ1) is 8.34. The van der Waals surface area contributed by atoms with Crippen molar-refractivity contribution in [1.29, 1.82) is 0 Å². The van der Waals surface area contributed by atoms with Crippen LogP contribution in [0.5, 0.6) is 0 Å². The van der Waals surface area contributed by atoms with Crippen molar-refractivity contribution in [2.24, 2.45) is 11.8 Å². The molecule has 1 aliphatic carbocycles. The van der Waals surface area contributed by atoms with Gasteiger partial charge in [0.1, 0.15) is 17.6 Å². The van der Waals surface area contributed by atoms with Crippen molar-refractivity contribution < 1.29 is 23.1 Å². The predicted molar refractivity (Wildman–Crippen MR) is 36.6 cm³/mol. The summed E-state index contributed by atoms with van der Waals surface area (Å²) >= 11 is 0. The van der Waals surface area contributed by atoms with Crippen LogP contribution in [0.2, 0.25) is 0 Å². The van der Waals surface area contributed by atoms with Crippen molar-refractivity contribution in [3.8, 4) is 0 Å². The van der Waals surface area contributed by atoms with Gasteiger partial charge in [0.25, 0.3) is 0 Å². The van der Waals surface area contributed by atoms with Gasteiger partial charge in [-0.3, -0.25) is 9.59 Å². The zero-order valence-corrected chi connectivity index (χ0v) is 6.55. The van der Waals surface area contributed by atoms with Crippen LogP contribution in [0, 0.1) is 11.8 Å². The van der Waals surface area contributed by atoms with E-state index in [0.29, 0.717) is 0 Å². The second-order valence-electron chi connectivity index (χ2n) is 3.12. The van der Waals surface area contributed by atoms with Crippen LogP contribution >= 0.6 is 0 Å². The molecule has 0 aromatic rings. The first-order valence-corrected chi connectivity index (χ1v) is 3.91. The monoisotopic (exact) mass is 188 g/mol. The van der Waals surface area contributed by atoms with Gasteiger partial charge < -0.3 is 4.74 Å². The summed E-state index contributed by atoms with van der Waals surface area (Å²) < 4.78 is 29.9. The number of ether oxygens (including phenoxy) is 1. The number of fused-ring (bicyclic) bond motifs is 1. The number of hydrogen-bond acceptors (Lipinski definition) is 3. The molecule has 1 saturated heterocycles. The largest absolute Gasteiger partial charge is 0.392 e. The number of carbonyl (C=O) groups excluding carboxylic acids is 2. The average Bonchev–Trinajstić information content (AvgIpc) is 2.35. The number of rotatable bonds is 0. The first-order valence-electron chi connectivity index (χ1n) is 3.91. The van der Waals surface area contributed by atoms with Crippen LogP contribution in [0.3, 0.4) is 0 Å². The Hall–Kier alpha value is -1.26. The van der Waals surface area contributed by atoms with Gasteiger partial charge >= 0.3 is 11.9 Å². The van der Waals surface area contributed by atoms with Gasteiger partial charge in [0, 0.05) is 6.42 Å². The minimum Gasteiger partial charge on any atom is -0.392 e. The summed E-state index contributed by atoms with van der Waals surface area (Å²) in [6.07, 6.45) is 0.0177. The van der Waals surface area contributed by atoms with Crippen LogP contribution < -0.4 is 0 Å². The molecule has 2 aliphatic rings. The zero-order chi connectivity index (χ0) is 9.59. The third-order valence-corrected chi connectivity index (χ3v) is 2.37. The molecule has 0 bridgehead atoms. The smallest absolute Gasteiger partial charge is 0.324 e. The summed E-state index contributed by atoms with van der Waals surface area (Å²) in [7, 11) is 0. The van der Waals surface area contributed by atoms with Gasteiger partial charge in [-0.25, -0.2) is 8.78 Å². The fourth-order valence-electron chi connectivity index (χ4n) is 1.67. The SMILES string of the molecule is O=C1OC(=O)[C@@H]2CCC(F)=C(F)[C@H]12. The Morgan fingerprint density at radius 2 is 1.92 bits per heavy atom. The quantitative estimate of drug-likeness (QED) is 0.424. The molecule has 0 aromatic carbocycles. The van der Waals surface area contributed by atoms with E-state index < -0.39 is 35.4 Å². The van der Waals surface area contributed by atoms with Crippen LogP contribution in [0.1, 0.15) is 12.8 Å². The third kappa shape index (κ3) is 1.07. The number of carbonyl (C=O) groups is 2. The van der Waals surface area contributed by atoms with E-state index in [2.05, 4.69) is 4.74 Å². The van der Waals surface area contributed by atoms with Gasteiger partial charge in [-0.05, 0) is 6.42 Å². The lowest BCUT2D eigenvalue weighted by atomic mass is 9.84. The Balaban J connectivity index is 2.40. The lowest BCUT2D eigenvalue weighted by molar-refractivity contribution is -0.153. The van der Waals surface area contributed by atoms with Crippen LogP contribution in [0.25, 0.3) is 0 Å². The highest BCUT2D eigenvalue weighted by molar-refractivity contribution is 5.98. The molecule has 5 heteroatoms. The summed E-state index contributed by atoms with van der Waals surface area (Å²) in [5, 5.41) is 0. The summed E-state index contributed by atoms with van der Waals surface area (Å²) in [5.41, 5.74) is 0. The van der Waals surface area contributed by atoms with E-state index >= 15 is 0 Å². The average molecular weight is 188 g/mol. The van der Waals surface area contributed by atoms with Crippen molar-refractivity contribution in [3.63, 3.8) is 0 Å². The topological polar surface area (TPSA) is 43.4 Å². The first-order chi connectivity index (χ1) is 6.11. The van der Waals surface area contributed by atoms with E-state index in [1.807, 2.05) is 0 Å². The van der Waals surface area contributed by atoms with Crippen LogP contribution in [0.4, 0.5) is 8.78 Å². The van der Waals surface area contributed by atoms with Crippen molar-refractivity contribution >= 4 is 11.9 Å². The molecule has 0 spiro atoms. The summed E-state index contributed by atoms with van der Waals surface area (Å²) in [6, 6.07) is 0. The molecular weight excluding hydrogens is 182 g/mol. The van der Waals surface area contributed by atoms with E-state index in [9.17, 15) is 18.4 Å². The third-order valence-electron chi connectivity index (χ3n) is 2.37. The van der Waals surface area contributed by atoms with Gasteiger partial charge in [0.05, 0.1) is 5.92 Å². The number of allylic oxidation sites excluding steroid dienone is 1. The van der Waals surface area contributed by atoms with E-state index in [1.165, 1.54) is 0 Å². The second-order valence-corrected chi connectivity index (χ2v) is 3.12. The van der Waals surface area contributed by atoms with E-state index in [0.717, 1.165) is 0 Å². The number of hydrogen-bond donors (Lipinski definition) is 0. The lowest BCUT2D eigenvalue weighted by Gasteiger charge is -2.16. The van der Waals surface area contributed by atoms with Crippen molar-refractivity contribution in [1.82, 2.24) is 0 Å². The Kier molecular flexibility index (Phi) is 1.68. The molecule has 1 heterocycles. The Morgan fingerprint density at radius 3 is 2.62 bits per heavy atom. The fourth-order valence-corrected chi connectivity index (χ4v) is 1.67. The van der Waals surface area contributed by atoms with E-state index in [-0.39, 0.29) is 12.8 Å². The molecule has 0 saturated carbocycles. The van der Waals surface area contributed by atoms with Gasteiger partial charge in [-0.2, -0.15) is 0 Å². The minimum absolute atomic E-state index is 0.130. The predicted octanol–water partition coefficient (Wildman–Crippen LogP) is 1.25. The van der Waals surface area contributed by atoms with Gasteiger partial charge in [0.15, 0.2) is 0 Å². The zero-order valence-electron chi connectivity index (χ0n) is 6.55. The number of halogens is 2. The highest BCUT2D eigenvalue weighted by Crippen LogP contribution is 2.41. The summed E-state index contributed by atoms with van der Waals surface area (Å²) in [4.78, 5) is 21.8. The maximum absolute atomic E-state index is 13.0. The molecule has 0 unspecified atom stereocenters. The van der Waals surface area contributed by atoms with Crippen LogP contribution in [-0.4, -0.2) is 11.9 Å². The molecule has 2 atom stereocenters. The molecule has 1 fully saturated rings. The molecule has 13 heavy (non-hydrogen) atoms. The van der Waals surface area contributed by atoms with E-state index in [1.54, 1.807) is 0 Å². The van der Waals surface area contributed by atoms with Gasteiger partial charge in [-0.15, -0.1) is 0 Å². The molecule has 0 N–H and O–H groups in total. The molecule has 70 valence electrons. The molecule has 0 radical (unpaired) electrons. The van der Waals surface area contributed by atoms with Crippen LogP contribution in [0.15, 0.2) is 11.7 Å². The molecule has 3 nitrogen and oxygen atoms in total. The summed E-state index contributed by atoms with van der Waals surface area (Å²) in [5.74, 6) is -5.91. The molecule has 0 amide bonds. The molecule has 0 aromatic heterocycles. The standard InChI is InChI=1S/C8H6F2O3/c9-4-2-1-3-5(6(4)10)8(12)13-7(3)11/h3,5H,1-2H2/t3-,5-/m1/s1. The second kappa shape index (κ2) is 2.61. The fraction of sp³-hybridized carbons (Fsp3) is 0.500. The van der Waals surface area contributed by atoms with Crippen molar-refractivity contribution in [2.75, 3.05) is 0 Å². The van der Waals surface area contributed by atoms with E-state index in [4.69, 9.17) is 0 Å². The Labute approximate surface area is 72.4 Å². The van der Waals surface area contributed by atoms with Crippen molar-refractivity contribution in [2.45, 2.75) is 12.8 Å². The highest BCUT2D eigenvalue weighted by Gasteiger charge is 2.50. The molecular formula is C8H6F2O3. The normalized spacial score (nSPS) is 33.4. The maximum atomic E-state index is 13.0. The summed E-state index contributed by atoms with van der Waals surface area (Å²) in [6.45, 7) is 0. The molecule has 1 aliphatic heterocycles. The highest BCUT2D eigenvalue weighted by atomic mass is 19.2. The lowest BCUT2D eigenvalue weighted by Crippen LogP contribution is -2.22. The van der Waals surface area contributed by atoms with Gasteiger partial charge in [0.2, 0.25) is 0 Å². The number of cyclic esters (lactones) is 2. The Bertz CT molecular complexity index is 321. The van der Waals surface area contributed by atoms with Crippen LogP contribution in [-0.2, 0) is 14.3 Å². The minimum atomic E-state index is -1.32. The van der Waals surface area contributed by atoms with Gasteiger partial charge in [-0.1, -0.05) is 0 Å². The Morgan fingerprint density at radius 1 is 1.23 bits per heavy atom. The molecule has 2 rings (SSSR count). The maximum Gasteiger partial charge on any atom is 0.324 e.